The third kappa shape index (κ3) is 3.93. The van der Waals surface area contributed by atoms with Crippen LogP contribution in [0.2, 0.25) is 5.02 Å². The molecule has 0 aliphatic carbocycles. The highest BCUT2D eigenvalue weighted by atomic mass is 35.5. The van der Waals surface area contributed by atoms with Gasteiger partial charge in [-0.15, -0.1) is 21.5 Å². The molecule has 0 unspecified atom stereocenters. The lowest BCUT2D eigenvalue weighted by molar-refractivity contribution is 0.793. The van der Waals surface area contributed by atoms with Crippen LogP contribution in [0.25, 0.3) is 22.0 Å². The minimum absolute atomic E-state index is 0.673. The molecule has 0 saturated heterocycles. The van der Waals surface area contributed by atoms with Crippen molar-refractivity contribution in [2.24, 2.45) is 7.05 Å². The summed E-state index contributed by atoms with van der Waals surface area (Å²) < 4.78 is 1.97. The van der Waals surface area contributed by atoms with Gasteiger partial charge in [0.25, 0.3) is 0 Å². The Morgan fingerprint density at radius 1 is 1.11 bits per heavy atom. The van der Waals surface area contributed by atoms with Crippen LogP contribution in [0, 0.1) is 6.92 Å². The van der Waals surface area contributed by atoms with E-state index in [1.807, 2.05) is 35.9 Å². The molecule has 0 fully saturated rings. The Bertz CT molecular complexity index is 1090. The monoisotopic (exact) mass is 412 g/mol. The number of halogens is 1. The normalized spacial score (nSPS) is 11.1. The van der Waals surface area contributed by atoms with E-state index in [9.17, 15) is 0 Å². The van der Waals surface area contributed by atoms with Crippen molar-refractivity contribution in [3.05, 3.63) is 70.2 Å². The van der Waals surface area contributed by atoms with E-state index < -0.39 is 0 Å². The Balaban J connectivity index is 1.50. The smallest absolute Gasteiger partial charge is 0.191 e. The maximum Gasteiger partial charge on any atom is 0.191 e. The quantitative estimate of drug-likeness (QED) is 0.385. The van der Waals surface area contributed by atoms with Gasteiger partial charge in [-0.05, 0) is 25.1 Å². The highest BCUT2D eigenvalue weighted by molar-refractivity contribution is 7.98. The van der Waals surface area contributed by atoms with E-state index in [0.29, 0.717) is 5.02 Å². The van der Waals surface area contributed by atoms with Crippen molar-refractivity contribution in [3.8, 4) is 22.0 Å². The Morgan fingerprint density at radius 2 is 1.96 bits per heavy atom. The molecule has 27 heavy (non-hydrogen) atoms. The van der Waals surface area contributed by atoms with Gasteiger partial charge >= 0.3 is 0 Å². The van der Waals surface area contributed by atoms with E-state index in [0.717, 1.165) is 38.6 Å². The van der Waals surface area contributed by atoms with Crippen LogP contribution in [0.15, 0.2) is 59.1 Å². The highest BCUT2D eigenvalue weighted by Crippen LogP contribution is 2.31. The van der Waals surface area contributed by atoms with E-state index in [4.69, 9.17) is 16.6 Å². The van der Waals surface area contributed by atoms with Gasteiger partial charge in [0.05, 0.1) is 10.7 Å². The molecule has 0 aliphatic heterocycles. The summed E-state index contributed by atoms with van der Waals surface area (Å²) in [5.74, 6) is 1.51. The van der Waals surface area contributed by atoms with Gasteiger partial charge in [-0.2, -0.15) is 0 Å². The summed E-state index contributed by atoms with van der Waals surface area (Å²) in [6, 6.07) is 16.1. The standard InChI is InChI=1S/C20H17ClN4S2/c1-13-6-5-7-14(10-13)19-22-15(11-26-19)12-27-20-24-23-18(25(20)2)16-8-3-4-9-17(16)21/h3-11H,12H2,1-2H3. The first kappa shape index (κ1) is 18.2. The van der Waals surface area contributed by atoms with E-state index in [1.54, 1.807) is 23.1 Å². The van der Waals surface area contributed by atoms with E-state index in [1.165, 1.54) is 5.56 Å². The SMILES string of the molecule is Cc1cccc(-c2nc(CSc3nnc(-c4ccccc4Cl)n3C)cs2)c1. The molecule has 0 N–H and O–H groups in total. The minimum Gasteiger partial charge on any atom is -0.305 e. The molecule has 136 valence electrons. The molecule has 7 heteroatoms. The topological polar surface area (TPSA) is 43.6 Å². The molecule has 0 aliphatic rings. The van der Waals surface area contributed by atoms with Crippen LogP contribution in [0.4, 0.5) is 0 Å². The molecule has 4 nitrogen and oxygen atoms in total. The third-order valence-corrected chi connectivity index (χ3v) is 6.44. The fourth-order valence-corrected chi connectivity index (χ4v) is 4.69. The van der Waals surface area contributed by atoms with Crippen LogP contribution in [0.5, 0.6) is 0 Å². The Labute approximate surface area is 171 Å². The van der Waals surface area contributed by atoms with Crippen LogP contribution < -0.4 is 0 Å². The average Bonchev–Trinajstić information content (AvgIpc) is 3.28. The summed E-state index contributed by atoms with van der Waals surface area (Å²) >= 11 is 9.58. The predicted octanol–water partition coefficient (Wildman–Crippen LogP) is 5.86. The zero-order chi connectivity index (χ0) is 18.8. The summed E-state index contributed by atoms with van der Waals surface area (Å²) in [5.41, 5.74) is 4.33. The lowest BCUT2D eigenvalue weighted by Gasteiger charge is -2.04. The van der Waals surface area contributed by atoms with Gasteiger partial charge in [0, 0.05) is 29.3 Å². The van der Waals surface area contributed by atoms with Crippen molar-refractivity contribution < 1.29 is 0 Å². The van der Waals surface area contributed by atoms with Crippen molar-refractivity contribution in [1.29, 1.82) is 0 Å². The van der Waals surface area contributed by atoms with Crippen molar-refractivity contribution >= 4 is 34.7 Å². The van der Waals surface area contributed by atoms with Gasteiger partial charge in [0.2, 0.25) is 0 Å². The molecule has 0 amide bonds. The van der Waals surface area contributed by atoms with Gasteiger partial charge in [-0.3, -0.25) is 0 Å². The molecule has 0 bridgehead atoms. The Kier molecular flexibility index (Phi) is 5.29. The average molecular weight is 413 g/mol. The number of hydrogen-bond acceptors (Lipinski definition) is 5. The maximum absolute atomic E-state index is 6.29. The molecule has 0 atom stereocenters. The second-order valence-electron chi connectivity index (χ2n) is 6.15. The third-order valence-electron chi connectivity index (χ3n) is 4.12. The van der Waals surface area contributed by atoms with Crippen LogP contribution >= 0.6 is 34.7 Å². The van der Waals surface area contributed by atoms with Gasteiger partial charge in [-0.1, -0.05) is 59.3 Å². The highest BCUT2D eigenvalue weighted by Gasteiger charge is 2.14. The molecule has 0 radical (unpaired) electrons. The lowest BCUT2D eigenvalue weighted by atomic mass is 10.1. The fourth-order valence-electron chi connectivity index (χ4n) is 2.74. The summed E-state index contributed by atoms with van der Waals surface area (Å²) in [5, 5.41) is 13.3. The second kappa shape index (κ2) is 7.84. The number of benzene rings is 2. The predicted molar refractivity (Wildman–Crippen MR) is 113 cm³/mol. The number of rotatable bonds is 5. The van der Waals surface area contributed by atoms with Gasteiger partial charge in [0.1, 0.15) is 5.01 Å². The lowest BCUT2D eigenvalue weighted by Crippen LogP contribution is -1.95. The van der Waals surface area contributed by atoms with E-state index in [2.05, 4.69) is 46.8 Å². The second-order valence-corrected chi connectivity index (χ2v) is 8.35. The van der Waals surface area contributed by atoms with Gasteiger partial charge in [-0.25, -0.2) is 4.98 Å². The first-order chi connectivity index (χ1) is 13.1. The Morgan fingerprint density at radius 3 is 2.78 bits per heavy atom. The number of aromatic nitrogens is 4. The van der Waals surface area contributed by atoms with Gasteiger partial charge < -0.3 is 4.57 Å². The molecular formula is C20H17ClN4S2. The molecule has 2 heterocycles. The van der Waals surface area contributed by atoms with Crippen molar-refractivity contribution in [3.63, 3.8) is 0 Å². The first-order valence-corrected chi connectivity index (χ1v) is 10.6. The van der Waals surface area contributed by atoms with Crippen molar-refractivity contribution in [1.82, 2.24) is 19.7 Å². The Hall–Kier alpha value is -2.15. The zero-order valence-electron chi connectivity index (χ0n) is 14.9. The van der Waals surface area contributed by atoms with Crippen molar-refractivity contribution in [2.45, 2.75) is 17.8 Å². The van der Waals surface area contributed by atoms with Crippen molar-refractivity contribution in [2.75, 3.05) is 0 Å². The number of nitrogens with zero attached hydrogens (tertiary/aromatic N) is 4. The maximum atomic E-state index is 6.29. The first-order valence-electron chi connectivity index (χ1n) is 8.40. The molecule has 2 aromatic carbocycles. The fraction of sp³-hybridized carbons (Fsp3) is 0.150. The van der Waals surface area contributed by atoms with Gasteiger partial charge in [0.15, 0.2) is 11.0 Å². The minimum atomic E-state index is 0.673. The number of thioether (sulfide) groups is 1. The number of hydrogen-bond donors (Lipinski definition) is 0. The molecule has 0 saturated carbocycles. The zero-order valence-corrected chi connectivity index (χ0v) is 17.3. The van der Waals surface area contributed by atoms with Crippen LogP contribution in [-0.2, 0) is 12.8 Å². The summed E-state index contributed by atoms with van der Waals surface area (Å²) in [6.07, 6.45) is 0. The molecule has 2 aromatic heterocycles. The van der Waals surface area contributed by atoms with E-state index in [-0.39, 0.29) is 0 Å². The summed E-state index contributed by atoms with van der Waals surface area (Å²) in [4.78, 5) is 4.76. The number of aryl methyl sites for hydroxylation is 1. The molecule has 0 spiro atoms. The molecular weight excluding hydrogens is 396 g/mol. The molecule has 4 aromatic rings. The van der Waals surface area contributed by atoms with E-state index >= 15 is 0 Å². The molecule has 4 rings (SSSR count). The van der Waals surface area contributed by atoms with Crippen LogP contribution in [0.3, 0.4) is 0 Å². The summed E-state index contributed by atoms with van der Waals surface area (Å²) in [6.45, 7) is 2.10. The summed E-state index contributed by atoms with van der Waals surface area (Å²) in [7, 11) is 1.96. The van der Waals surface area contributed by atoms with Crippen LogP contribution in [0.1, 0.15) is 11.3 Å². The van der Waals surface area contributed by atoms with Crippen LogP contribution in [-0.4, -0.2) is 19.7 Å². The largest absolute Gasteiger partial charge is 0.305 e. The number of thiazole rings is 1.